The van der Waals surface area contributed by atoms with Gasteiger partial charge in [0.25, 0.3) is 0 Å². The topological polar surface area (TPSA) is 63.9 Å². The number of rotatable bonds is 2. The van der Waals surface area contributed by atoms with E-state index >= 15 is 0 Å². The molecule has 0 radical (unpaired) electrons. The average Bonchev–Trinajstić information content (AvgIpc) is 2.63. The van der Waals surface area contributed by atoms with Crippen molar-refractivity contribution < 1.29 is 13.5 Å². The molecule has 2 aromatic rings. The van der Waals surface area contributed by atoms with Crippen LogP contribution in [-0.2, 0) is 0 Å². The van der Waals surface area contributed by atoms with Crippen LogP contribution in [0.25, 0.3) is 11.3 Å². The molecule has 0 aliphatic heterocycles. The fourth-order valence-electron chi connectivity index (χ4n) is 1.44. The Bertz CT molecular complexity index is 525. The maximum Gasteiger partial charge on any atom is 0.145 e. The van der Waals surface area contributed by atoms with Crippen molar-refractivity contribution in [3.05, 3.63) is 29.8 Å². The predicted octanol–water partition coefficient (Wildman–Crippen LogP) is 1.95. The molecule has 0 aliphatic rings. The summed E-state index contributed by atoms with van der Waals surface area (Å²) in [6.45, 7) is 0. The molecular formula is C10H9F2N3O. The number of ether oxygens (including phenoxy) is 1. The molecule has 0 aliphatic carbocycles. The van der Waals surface area contributed by atoms with Crippen molar-refractivity contribution in [2.45, 2.75) is 0 Å². The zero-order valence-electron chi connectivity index (χ0n) is 8.42. The summed E-state index contributed by atoms with van der Waals surface area (Å²) in [6.07, 6.45) is 0. The molecule has 0 fully saturated rings. The molecule has 1 aromatic carbocycles. The van der Waals surface area contributed by atoms with Gasteiger partial charge in [-0.1, -0.05) is 0 Å². The van der Waals surface area contributed by atoms with Crippen molar-refractivity contribution in [2.75, 3.05) is 12.8 Å². The molecule has 0 amide bonds. The zero-order chi connectivity index (χ0) is 11.7. The predicted molar refractivity (Wildman–Crippen MR) is 54.9 cm³/mol. The molecule has 16 heavy (non-hydrogen) atoms. The Morgan fingerprint density at radius 2 is 2.06 bits per heavy atom. The Labute approximate surface area is 90.0 Å². The van der Waals surface area contributed by atoms with Crippen LogP contribution in [0.3, 0.4) is 0 Å². The van der Waals surface area contributed by atoms with E-state index in [4.69, 9.17) is 10.5 Å². The van der Waals surface area contributed by atoms with Gasteiger partial charge in [0.1, 0.15) is 23.2 Å². The number of benzene rings is 1. The summed E-state index contributed by atoms with van der Waals surface area (Å²) in [4.78, 5) is 0. The minimum absolute atomic E-state index is 0.0844. The first-order valence-electron chi connectivity index (χ1n) is 4.46. The maximum atomic E-state index is 13.6. The molecule has 0 spiro atoms. The summed E-state index contributed by atoms with van der Waals surface area (Å²) < 4.78 is 31.4. The van der Waals surface area contributed by atoms with Crippen molar-refractivity contribution in [3.63, 3.8) is 0 Å². The van der Waals surface area contributed by atoms with E-state index in [1.165, 1.54) is 13.2 Å². The largest absolute Gasteiger partial charge is 0.496 e. The molecule has 6 heteroatoms. The zero-order valence-corrected chi connectivity index (χ0v) is 8.42. The van der Waals surface area contributed by atoms with Gasteiger partial charge in [-0.05, 0) is 0 Å². The molecule has 2 rings (SSSR count). The second-order valence-electron chi connectivity index (χ2n) is 3.17. The Morgan fingerprint density at radius 1 is 1.31 bits per heavy atom. The Kier molecular flexibility index (Phi) is 2.47. The highest BCUT2D eigenvalue weighted by molar-refractivity contribution is 5.69. The number of nitrogen functional groups attached to an aromatic ring is 1. The number of halogens is 2. The summed E-state index contributed by atoms with van der Waals surface area (Å²) in [6, 6.07) is 3.31. The SMILES string of the molecule is COc1cc(F)cc(F)c1-c1cc(N)n[nH]1. The molecular weight excluding hydrogens is 216 g/mol. The Balaban J connectivity index is 2.63. The van der Waals surface area contributed by atoms with E-state index in [0.29, 0.717) is 5.69 Å². The minimum Gasteiger partial charge on any atom is -0.496 e. The van der Waals surface area contributed by atoms with Crippen molar-refractivity contribution in [1.82, 2.24) is 10.2 Å². The van der Waals surface area contributed by atoms with Crippen molar-refractivity contribution >= 4 is 5.82 Å². The summed E-state index contributed by atoms with van der Waals surface area (Å²) in [7, 11) is 1.33. The van der Waals surface area contributed by atoms with E-state index in [0.717, 1.165) is 12.1 Å². The van der Waals surface area contributed by atoms with Crippen LogP contribution >= 0.6 is 0 Å². The van der Waals surface area contributed by atoms with Gasteiger partial charge < -0.3 is 10.5 Å². The van der Waals surface area contributed by atoms with Gasteiger partial charge in [-0.15, -0.1) is 0 Å². The third-order valence-corrected chi connectivity index (χ3v) is 2.11. The van der Waals surface area contributed by atoms with Crippen LogP contribution in [0.4, 0.5) is 14.6 Å². The van der Waals surface area contributed by atoms with Gasteiger partial charge >= 0.3 is 0 Å². The van der Waals surface area contributed by atoms with Crippen molar-refractivity contribution in [3.8, 4) is 17.0 Å². The summed E-state index contributed by atoms with van der Waals surface area (Å²) in [5.74, 6) is -1.13. The molecule has 0 unspecified atom stereocenters. The number of methoxy groups -OCH3 is 1. The van der Waals surface area contributed by atoms with Gasteiger partial charge in [-0.25, -0.2) is 8.78 Å². The monoisotopic (exact) mass is 225 g/mol. The number of aromatic nitrogens is 2. The first kappa shape index (κ1) is 10.4. The fraction of sp³-hybridized carbons (Fsp3) is 0.100. The van der Waals surface area contributed by atoms with Crippen molar-refractivity contribution in [2.24, 2.45) is 0 Å². The first-order chi connectivity index (χ1) is 7.61. The molecule has 4 nitrogen and oxygen atoms in total. The molecule has 84 valence electrons. The van der Waals surface area contributed by atoms with Crippen molar-refractivity contribution in [1.29, 1.82) is 0 Å². The third-order valence-electron chi connectivity index (χ3n) is 2.11. The number of hydrogen-bond donors (Lipinski definition) is 2. The summed E-state index contributed by atoms with van der Waals surface area (Å²) in [5, 5.41) is 6.21. The van der Waals surface area contributed by atoms with Crippen LogP contribution in [0, 0.1) is 11.6 Å². The van der Waals surface area contributed by atoms with Crippen LogP contribution in [0.2, 0.25) is 0 Å². The number of aromatic amines is 1. The van der Waals surface area contributed by atoms with Gasteiger partial charge in [-0.2, -0.15) is 5.10 Å². The molecule has 1 heterocycles. The lowest BCUT2D eigenvalue weighted by atomic mass is 10.1. The molecule has 0 saturated carbocycles. The highest BCUT2D eigenvalue weighted by Crippen LogP contribution is 2.32. The number of H-pyrrole nitrogens is 1. The van der Waals surface area contributed by atoms with Crippen LogP contribution in [0.15, 0.2) is 18.2 Å². The van der Waals surface area contributed by atoms with Crippen LogP contribution < -0.4 is 10.5 Å². The quantitative estimate of drug-likeness (QED) is 0.820. The number of anilines is 1. The lowest BCUT2D eigenvalue weighted by molar-refractivity contribution is 0.409. The number of nitrogens with two attached hydrogens (primary N) is 1. The van der Waals surface area contributed by atoms with E-state index in [-0.39, 0.29) is 17.1 Å². The van der Waals surface area contributed by atoms with Gasteiger partial charge in [0.2, 0.25) is 0 Å². The highest BCUT2D eigenvalue weighted by atomic mass is 19.1. The van der Waals surface area contributed by atoms with Gasteiger partial charge in [-0.3, -0.25) is 5.10 Å². The van der Waals surface area contributed by atoms with Crippen LogP contribution in [0.1, 0.15) is 0 Å². The summed E-state index contributed by atoms with van der Waals surface area (Å²) in [5.41, 5.74) is 5.85. The fourth-order valence-corrected chi connectivity index (χ4v) is 1.44. The lowest BCUT2D eigenvalue weighted by Crippen LogP contribution is -1.94. The standard InChI is InChI=1S/C10H9F2N3O/c1-16-8-3-5(11)2-6(12)10(8)7-4-9(13)15-14-7/h2-4H,1H3,(H3,13,14,15). The molecule has 0 bridgehead atoms. The van der Waals surface area contributed by atoms with Gasteiger partial charge in [0.15, 0.2) is 0 Å². The first-order valence-corrected chi connectivity index (χ1v) is 4.46. The van der Waals surface area contributed by atoms with E-state index in [1.807, 2.05) is 0 Å². The lowest BCUT2D eigenvalue weighted by Gasteiger charge is -2.07. The van der Waals surface area contributed by atoms with Gasteiger partial charge in [0, 0.05) is 18.2 Å². The van der Waals surface area contributed by atoms with E-state index in [9.17, 15) is 8.78 Å². The number of nitrogens with one attached hydrogen (secondary N) is 1. The third kappa shape index (κ3) is 1.69. The highest BCUT2D eigenvalue weighted by Gasteiger charge is 2.15. The Hall–Kier alpha value is -2.11. The molecule has 3 N–H and O–H groups in total. The van der Waals surface area contributed by atoms with E-state index in [1.54, 1.807) is 0 Å². The van der Waals surface area contributed by atoms with Crippen LogP contribution in [-0.4, -0.2) is 17.3 Å². The van der Waals surface area contributed by atoms with Crippen LogP contribution in [0.5, 0.6) is 5.75 Å². The second-order valence-corrected chi connectivity index (χ2v) is 3.17. The van der Waals surface area contributed by atoms with E-state index < -0.39 is 11.6 Å². The smallest absolute Gasteiger partial charge is 0.145 e. The second kappa shape index (κ2) is 3.80. The number of nitrogens with zero attached hydrogens (tertiary/aromatic N) is 1. The normalized spacial score (nSPS) is 10.4. The molecule has 0 atom stereocenters. The maximum absolute atomic E-state index is 13.6. The number of hydrogen-bond acceptors (Lipinski definition) is 3. The molecule has 1 aromatic heterocycles. The molecule has 0 saturated heterocycles. The minimum atomic E-state index is -0.736. The summed E-state index contributed by atoms with van der Waals surface area (Å²) >= 11 is 0. The average molecular weight is 225 g/mol. The van der Waals surface area contributed by atoms with E-state index in [2.05, 4.69) is 10.2 Å². The van der Waals surface area contributed by atoms with Gasteiger partial charge in [0.05, 0.1) is 18.4 Å². The Morgan fingerprint density at radius 3 is 2.62 bits per heavy atom.